The second kappa shape index (κ2) is 5.84. The Morgan fingerprint density at radius 3 is 2.14 bits per heavy atom. The minimum Gasteiger partial charge on any atom is -0.480 e. The van der Waals surface area contributed by atoms with Gasteiger partial charge in [0.2, 0.25) is 0 Å². The number of nitrogens with two attached hydrogens (primary N) is 2. The highest BCUT2D eigenvalue weighted by molar-refractivity contribution is 8.00. The molecule has 82 valence electrons. The molecule has 0 rings (SSSR count). The molecule has 0 aromatic heterocycles. The SMILES string of the molecule is C[C@H](SCC(N)C(=O)O)[C@@H](N)C(=O)O. The number of carboxylic acid groups (broad SMARTS) is 2. The van der Waals surface area contributed by atoms with E-state index in [1.165, 1.54) is 0 Å². The molecule has 0 aromatic carbocycles. The van der Waals surface area contributed by atoms with Crippen LogP contribution in [0.2, 0.25) is 0 Å². The highest BCUT2D eigenvalue weighted by Gasteiger charge is 2.22. The van der Waals surface area contributed by atoms with Crippen LogP contribution in [0.5, 0.6) is 0 Å². The van der Waals surface area contributed by atoms with Gasteiger partial charge in [0, 0.05) is 11.0 Å². The van der Waals surface area contributed by atoms with Gasteiger partial charge in [-0.25, -0.2) is 0 Å². The van der Waals surface area contributed by atoms with Crippen molar-refractivity contribution in [1.82, 2.24) is 0 Å². The van der Waals surface area contributed by atoms with Gasteiger partial charge in [-0.05, 0) is 0 Å². The average Bonchev–Trinajstić information content (AvgIpc) is 2.11. The van der Waals surface area contributed by atoms with Gasteiger partial charge in [0.15, 0.2) is 0 Å². The van der Waals surface area contributed by atoms with Gasteiger partial charge >= 0.3 is 11.9 Å². The van der Waals surface area contributed by atoms with Crippen LogP contribution in [0, 0.1) is 0 Å². The van der Waals surface area contributed by atoms with Crippen LogP contribution in [-0.4, -0.2) is 45.2 Å². The van der Waals surface area contributed by atoms with E-state index in [0.29, 0.717) is 0 Å². The van der Waals surface area contributed by atoms with Crippen molar-refractivity contribution < 1.29 is 19.8 Å². The van der Waals surface area contributed by atoms with Gasteiger partial charge in [-0.15, -0.1) is 0 Å². The molecule has 0 radical (unpaired) electrons. The Kier molecular flexibility index (Phi) is 5.51. The Morgan fingerprint density at radius 2 is 1.79 bits per heavy atom. The van der Waals surface area contributed by atoms with E-state index in [1.54, 1.807) is 6.92 Å². The van der Waals surface area contributed by atoms with E-state index >= 15 is 0 Å². The lowest BCUT2D eigenvalue weighted by Gasteiger charge is -2.16. The first-order valence-electron chi connectivity index (χ1n) is 3.94. The van der Waals surface area contributed by atoms with Crippen LogP contribution >= 0.6 is 11.8 Å². The zero-order valence-corrected chi connectivity index (χ0v) is 8.53. The Morgan fingerprint density at radius 1 is 1.29 bits per heavy atom. The summed E-state index contributed by atoms with van der Waals surface area (Å²) in [5, 5.41) is 16.6. The summed E-state index contributed by atoms with van der Waals surface area (Å²) in [5.41, 5.74) is 10.5. The number of carboxylic acids is 2. The molecule has 0 fully saturated rings. The fraction of sp³-hybridized carbons (Fsp3) is 0.714. The van der Waals surface area contributed by atoms with Gasteiger partial charge in [-0.3, -0.25) is 9.59 Å². The van der Waals surface area contributed by atoms with Crippen molar-refractivity contribution in [1.29, 1.82) is 0 Å². The van der Waals surface area contributed by atoms with Crippen LogP contribution in [0.25, 0.3) is 0 Å². The predicted octanol–water partition coefficient (Wildman–Crippen LogP) is -1.07. The van der Waals surface area contributed by atoms with Crippen molar-refractivity contribution in [3.63, 3.8) is 0 Å². The molecule has 0 bridgehead atoms. The Balaban J connectivity index is 3.90. The molecular formula is C7H14N2O4S. The molecule has 0 spiro atoms. The maximum atomic E-state index is 10.4. The molecule has 6 nitrogen and oxygen atoms in total. The molecular weight excluding hydrogens is 208 g/mol. The highest BCUT2D eigenvalue weighted by Crippen LogP contribution is 2.14. The van der Waals surface area contributed by atoms with Gasteiger partial charge < -0.3 is 21.7 Å². The van der Waals surface area contributed by atoms with Crippen molar-refractivity contribution in [3.05, 3.63) is 0 Å². The largest absolute Gasteiger partial charge is 0.480 e. The molecule has 7 heteroatoms. The molecule has 0 aliphatic heterocycles. The minimum atomic E-state index is -1.10. The fourth-order valence-corrected chi connectivity index (χ4v) is 1.61. The maximum absolute atomic E-state index is 10.4. The van der Waals surface area contributed by atoms with E-state index in [0.717, 1.165) is 11.8 Å². The van der Waals surface area contributed by atoms with Crippen LogP contribution in [0.3, 0.4) is 0 Å². The molecule has 0 amide bonds. The molecule has 0 aromatic rings. The summed E-state index contributed by atoms with van der Waals surface area (Å²) >= 11 is 1.14. The van der Waals surface area contributed by atoms with Gasteiger partial charge in [0.1, 0.15) is 12.1 Å². The van der Waals surface area contributed by atoms with E-state index in [9.17, 15) is 9.59 Å². The summed E-state index contributed by atoms with van der Waals surface area (Å²) in [4.78, 5) is 20.8. The first-order valence-corrected chi connectivity index (χ1v) is 4.99. The second-order valence-corrected chi connectivity index (χ2v) is 4.26. The molecule has 14 heavy (non-hydrogen) atoms. The standard InChI is InChI=1S/C7H14N2O4S/c1-3(5(9)7(12)13)14-2-4(8)6(10)11/h3-5H,2,8-9H2,1H3,(H,10,11)(H,12,13)/t3-,4?,5+/m0/s1. The van der Waals surface area contributed by atoms with E-state index in [2.05, 4.69) is 0 Å². The number of rotatable bonds is 6. The highest BCUT2D eigenvalue weighted by atomic mass is 32.2. The van der Waals surface area contributed by atoms with Crippen LogP contribution in [0.4, 0.5) is 0 Å². The topological polar surface area (TPSA) is 127 Å². The first-order chi connectivity index (χ1) is 6.36. The van der Waals surface area contributed by atoms with Gasteiger partial charge in [-0.2, -0.15) is 11.8 Å². The van der Waals surface area contributed by atoms with Crippen molar-refractivity contribution in [3.8, 4) is 0 Å². The van der Waals surface area contributed by atoms with E-state index in [-0.39, 0.29) is 11.0 Å². The van der Waals surface area contributed by atoms with Crippen molar-refractivity contribution in [2.24, 2.45) is 11.5 Å². The number of hydrogen-bond acceptors (Lipinski definition) is 5. The lowest BCUT2D eigenvalue weighted by molar-refractivity contribution is -0.139. The summed E-state index contributed by atoms with van der Waals surface area (Å²) in [6, 6.07) is -1.98. The molecule has 0 aliphatic carbocycles. The van der Waals surface area contributed by atoms with Crippen LogP contribution in [-0.2, 0) is 9.59 Å². The number of carbonyl (C=O) groups is 2. The third-order valence-corrected chi connectivity index (χ3v) is 3.02. The first kappa shape index (κ1) is 13.2. The summed E-state index contributed by atoms with van der Waals surface area (Å²) < 4.78 is 0. The number of thioether (sulfide) groups is 1. The minimum absolute atomic E-state index is 0.150. The molecule has 3 atom stereocenters. The van der Waals surface area contributed by atoms with Crippen molar-refractivity contribution in [2.45, 2.75) is 24.3 Å². The molecule has 6 N–H and O–H groups in total. The van der Waals surface area contributed by atoms with Crippen LogP contribution < -0.4 is 11.5 Å². The Hall–Kier alpha value is -0.790. The molecule has 1 unspecified atom stereocenters. The van der Waals surface area contributed by atoms with Gasteiger partial charge in [0.25, 0.3) is 0 Å². The zero-order chi connectivity index (χ0) is 11.3. The monoisotopic (exact) mass is 222 g/mol. The Bertz CT molecular complexity index is 224. The average molecular weight is 222 g/mol. The predicted molar refractivity (Wildman–Crippen MR) is 53.1 cm³/mol. The lowest BCUT2D eigenvalue weighted by atomic mass is 10.2. The summed E-state index contributed by atoms with van der Waals surface area (Å²) in [7, 11) is 0. The molecule has 0 heterocycles. The summed E-state index contributed by atoms with van der Waals surface area (Å²) in [6.45, 7) is 1.62. The Labute approximate surface area is 85.6 Å². The molecule has 0 saturated carbocycles. The maximum Gasteiger partial charge on any atom is 0.321 e. The molecule has 0 aliphatic rings. The van der Waals surface area contributed by atoms with Crippen LogP contribution in [0.15, 0.2) is 0 Å². The van der Waals surface area contributed by atoms with E-state index in [1.807, 2.05) is 0 Å². The van der Waals surface area contributed by atoms with Crippen LogP contribution in [0.1, 0.15) is 6.92 Å². The van der Waals surface area contributed by atoms with Gasteiger partial charge in [0.05, 0.1) is 0 Å². The quantitative estimate of drug-likeness (QED) is 0.450. The number of hydrogen-bond donors (Lipinski definition) is 4. The molecule has 0 saturated heterocycles. The third kappa shape index (κ3) is 4.45. The zero-order valence-electron chi connectivity index (χ0n) is 7.71. The fourth-order valence-electron chi connectivity index (χ4n) is 0.631. The van der Waals surface area contributed by atoms with Crippen molar-refractivity contribution in [2.75, 3.05) is 5.75 Å². The normalized spacial score (nSPS) is 17.1. The summed E-state index contributed by atoms with van der Waals surface area (Å²) in [5.74, 6) is -2.06. The summed E-state index contributed by atoms with van der Waals surface area (Å²) in [6.07, 6.45) is 0. The smallest absolute Gasteiger partial charge is 0.321 e. The third-order valence-electron chi connectivity index (χ3n) is 1.65. The number of aliphatic carboxylic acids is 2. The van der Waals surface area contributed by atoms with Crippen molar-refractivity contribution >= 4 is 23.7 Å². The lowest BCUT2D eigenvalue weighted by Crippen LogP contribution is -2.40. The van der Waals surface area contributed by atoms with Gasteiger partial charge in [-0.1, -0.05) is 6.92 Å². The van der Waals surface area contributed by atoms with E-state index in [4.69, 9.17) is 21.7 Å². The van der Waals surface area contributed by atoms with E-state index < -0.39 is 24.0 Å². The second-order valence-electron chi connectivity index (χ2n) is 2.85.